The monoisotopic (exact) mass is 463 g/mol. The highest BCUT2D eigenvalue weighted by Crippen LogP contribution is 2.33. The third-order valence-electron chi connectivity index (χ3n) is 5.60. The Hall–Kier alpha value is -3.88. The zero-order chi connectivity index (χ0) is 24.3. The Morgan fingerprint density at radius 3 is 2.12 bits per heavy atom. The number of unbranched alkanes of at least 4 members (excludes halogenated alkanes) is 6. The third-order valence-corrected chi connectivity index (χ3v) is 5.60. The minimum Gasteiger partial charge on any atom is -0.369 e. The fourth-order valence-electron chi connectivity index (χ4n) is 3.74. The molecule has 34 heavy (non-hydrogen) atoms. The molecule has 0 saturated heterocycles. The lowest BCUT2D eigenvalue weighted by Crippen LogP contribution is -2.05. The van der Waals surface area contributed by atoms with Crippen molar-refractivity contribution in [3.8, 4) is 22.4 Å². The van der Waals surface area contributed by atoms with Crippen molar-refractivity contribution < 1.29 is 9.85 Å². The molecule has 1 N–H and O–H groups in total. The van der Waals surface area contributed by atoms with Crippen LogP contribution in [0.3, 0.4) is 0 Å². The van der Waals surface area contributed by atoms with E-state index < -0.39 is 9.85 Å². The van der Waals surface area contributed by atoms with E-state index >= 15 is 0 Å². The Labute approximate surface area is 198 Å². The molecule has 9 nitrogen and oxygen atoms in total. The molecule has 0 radical (unpaired) electrons. The Kier molecular flexibility index (Phi) is 9.02. The highest BCUT2D eigenvalue weighted by Gasteiger charge is 2.16. The maximum Gasteiger partial charge on any atom is 0.270 e. The molecule has 0 fully saturated rings. The number of benzene rings is 2. The van der Waals surface area contributed by atoms with Crippen LogP contribution in [0.2, 0.25) is 0 Å². The first kappa shape index (κ1) is 24.8. The predicted octanol–water partition coefficient (Wildman–Crippen LogP) is 6.79. The maximum absolute atomic E-state index is 11.2. The van der Waals surface area contributed by atoms with Gasteiger partial charge in [0.05, 0.1) is 9.85 Å². The molecule has 2 aromatic carbocycles. The van der Waals surface area contributed by atoms with Crippen LogP contribution in [-0.4, -0.2) is 26.6 Å². The highest BCUT2D eigenvalue weighted by atomic mass is 16.6. The second kappa shape index (κ2) is 12.4. The lowest BCUT2D eigenvalue weighted by Gasteiger charge is -2.12. The van der Waals surface area contributed by atoms with E-state index in [1.54, 1.807) is 24.3 Å². The fourth-order valence-corrected chi connectivity index (χ4v) is 3.74. The zero-order valence-electron chi connectivity index (χ0n) is 19.3. The highest BCUT2D eigenvalue weighted by molar-refractivity contribution is 5.82. The normalized spacial score (nSPS) is 10.7. The molecule has 3 aromatic rings. The molecular weight excluding hydrogens is 434 g/mol. The van der Waals surface area contributed by atoms with Gasteiger partial charge in [0.2, 0.25) is 0 Å². The first-order valence-electron chi connectivity index (χ1n) is 11.6. The van der Waals surface area contributed by atoms with Gasteiger partial charge < -0.3 is 5.32 Å². The first-order valence-corrected chi connectivity index (χ1v) is 11.6. The van der Waals surface area contributed by atoms with Crippen molar-refractivity contribution in [3.05, 3.63) is 74.8 Å². The second-order valence-electron chi connectivity index (χ2n) is 8.15. The number of rotatable bonds is 13. The van der Waals surface area contributed by atoms with Crippen molar-refractivity contribution in [2.24, 2.45) is 0 Å². The van der Waals surface area contributed by atoms with Crippen LogP contribution >= 0.6 is 0 Å². The van der Waals surface area contributed by atoms with Gasteiger partial charge in [-0.3, -0.25) is 20.2 Å². The van der Waals surface area contributed by atoms with E-state index in [0.29, 0.717) is 28.2 Å². The Balaban J connectivity index is 1.81. The van der Waals surface area contributed by atoms with Gasteiger partial charge in [-0.1, -0.05) is 57.6 Å². The number of non-ortho nitro benzene ring substituents is 2. The molecule has 178 valence electrons. The Morgan fingerprint density at radius 2 is 1.44 bits per heavy atom. The molecule has 0 bridgehead atoms. The van der Waals surface area contributed by atoms with Gasteiger partial charge in [0, 0.05) is 41.9 Å². The number of nitrogens with one attached hydrogen (secondary N) is 1. The molecule has 0 unspecified atom stereocenters. The molecule has 3 rings (SSSR count). The lowest BCUT2D eigenvalue weighted by atomic mass is 9.99. The fraction of sp³-hybridized carbons (Fsp3) is 0.360. The summed E-state index contributed by atoms with van der Waals surface area (Å²) in [7, 11) is 0. The van der Waals surface area contributed by atoms with Gasteiger partial charge in [0.25, 0.3) is 11.4 Å². The molecule has 0 spiro atoms. The molecule has 0 aliphatic rings. The summed E-state index contributed by atoms with van der Waals surface area (Å²) in [6, 6.07) is 14.2. The molecule has 1 aromatic heterocycles. The molecule has 0 saturated carbocycles. The van der Waals surface area contributed by atoms with Crippen LogP contribution in [-0.2, 0) is 0 Å². The molecule has 0 amide bonds. The van der Waals surface area contributed by atoms with Crippen LogP contribution in [0.1, 0.15) is 51.9 Å². The summed E-state index contributed by atoms with van der Waals surface area (Å²) in [5.74, 6) is 0.591. The molecule has 0 aliphatic heterocycles. The van der Waals surface area contributed by atoms with E-state index in [1.165, 1.54) is 56.4 Å². The molecule has 9 heteroatoms. The molecular formula is C25H29N5O4. The molecule has 0 atom stereocenters. The van der Waals surface area contributed by atoms with Gasteiger partial charge in [-0.15, -0.1) is 10.2 Å². The quantitative estimate of drug-likeness (QED) is 0.168. The van der Waals surface area contributed by atoms with Crippen molar-refractivity contribution in [2.75, 3.05) is 11.9 Å². The van der Waals surface area contributed by atoms with Crippen molar-refractivity contribution in [1.29, 1.82) is 0 Å². The SMILES string of the molecule is CCCCCCCCCNc1cc(-c2ccc([N+](=O)[O-])cc2)c(-c2cccc([N+](=O)[O-])c2)nn1. The van der Waals surface area contributed by atoms with E-state index in [9.17, 15) is 20.2 Å². The summed E-state index contributed by atoms with van der Waals surface area (Å²) < 4.78 is 0. The maximum atomic E-state index is 11.2. The number of nitro groups is 2. The molecule has 0 aliphatic carbocycles. The Bertz CT molecular complexity index is 1120. The first-order chi connectivity index (χ1) is 16.5. The summed E-state index contributed by atoms with van der Waals surface area (Å²) in [6.07, 6.45) is 8.45. The number of nitro benzene ring substituents is 2. The minimum atomic E-state index is -0.458. The lowest BCUT2D eigenvalue weighted by molar-refractivity contribution is -0.385. The number of nitrogens with zero attached hydrogens (tertiary/aromatic N) is 4. The van der Waals surface area contributed by atoms with Gasteiger partial charge in [-0.05, 0) is 30.2 Å². The summed E-state index contributed by atoms with van der Waals surface area (Å²) in [6.45, 7) is 2.97. The third kappa shape index (κ3) is 6.81. The van der Waals surface area contributed by atoms with Crippen LogP contribution in [0.4, 0.5) is 17.2 Å². The largest absolute Gasteiger partial charge is 0.369 e. The van der Waals surface area contributed by atoms with E-state index in [2.05, 4.69) is 22.4 Å². The van der Waals surface area contributed by atoms with E-state index in [0.717, 1.165) is 19.4 Å². The standard InChI is InChI=1S/C25H29N5O4/c1-2-3-4-5-6-7-8-16-26-24-18-23(19-12-14-21(15-13-19)29(31)32)25(28-27-24)20-10-9-11-22(17-20)30(33)34/h9-15,17-18H,2-8,16H2,1H3,(H,26,27). The van der Waals surface area contributed by atoms with E-state index in [1.807, 2.05) is 6.07 Å². The number of aromatic nitrogens is 2. The van der Waals surface area contributed by atoms with Gasteiger partial charge >= 0.3 is 0 Å². The van der Waals surface area contributed by atoms with Gasteiger partial charge in [-0.2, -0.15) is 0 Å². The van der Waals surface area contributed by atoms with Crippen molar-refractivity contribution in [1.82, 2.24) is 10.2 Å². The van der Waals surface area contributed by atoms with Crippen molar-refractivity contribution in [3.63, 3.8) is 0 Å². The number of anilines is 1. The second-order valence-corrected chi connectivity index (χ2v) is 8.15. The topological polar surface area (TPSA) is 124 Å². The van der Waals surface area contributed by atoms with Crippen LogP contribution < -0.4 is 5.32 Å². The van der Waals surface area contributed by atoms with Crippen LogP contribution in [0.5, 0.6) is 0 Å². The van der Waals surface area contributed by atoms with Crippen LogP contribution in [0.15, 0.2) is 54.6 Å². The summed E-state index contributed by atoms with van der Waals surface area (Å²) in [5, 5.41) is 34.2. The summed E-state index contributed by atoms with van der Waals surface area (Å²) in [5.41, 5.74) is 2.36. The number of hydrogen-bond donors (Lipinski definition) is 1. The van der Waals surface area contributed by atoms with Crippen molar-refractivity contribution >= 4 is 17.2 Å². The van der Waals surface area contributed by atoms with Crippen molar-refractivity contribution in [2.45, 2.75) is 51.9 Å². The van der Waals surface area contributed by atoms with Crippen LogP contribution in [0, 0.1) is 20.2 Å². The average Bonchev–Trinajstić information content (AvgIpc) is 2.85. The van der Waals surface area contributed by atoms with Gasteiger partial charge in [0.1, 0.15) is 11.5 Å². The molecule has 1 heterocycles. The van der Waals surface area contributed by atoms with Gasteiger partial charge in [0.15, 0.2) is 0 Å². The van der Waals surface area contributed by atoms with Crippen LogP contribution in [0.25, 0.3) is 22.4 Å². The Morgan fingerprint density at radius 1 is 0.765 bits per heavy atom. The predicted molar refractivity (Wildman–Crippen MR) is 133 cm³/mol. The van der Waals surface area contributed by atoms with Gasteiger partial charge in [-0.25, -0.2) is 0 Å². The van der Waals surface area contributed by atoms with E-state index in [-0.39, 0.29) is 11.4 Å². The average molecular weight is 464 g/mol. The zero-order valence-corrected chi connectivity index (χ0v) is 19.3. The summed E-state index contributed by atoms with van der Waals surface area (Å²) in [4.78, 5) is 21.4. The summed E-state index contributed by atoms with van der Waals surface area (Å²) >= 11 is 0. The number of hydrogen-bond acceptors (Lipinski definition) is 7. The van der Waals surface area contributed by atoms with E-state index in [4.69, 9.17) is 0 Å². The minimum absolute atomic E-state index is 0.0139. The smallest absolute Gasteiger partial charge is 0.270 e.